The minimum absolute atomic E-state index is 0.0692. The fraction of sp³-hybridized carbons (Fsp3) is 0.500. The third kappa shape index (κ3) is 3.55. The molecule has 1 saturated heterocycles. The van der Waals surface area contributed by atoms with Gasteiger partial charge in [0.25, 0.3) is 0 Å². The molecule has 2 rings (SSSR count). The maximum atomic E-state index is 10.6. The summed E-state index contributed by atoms with van der Waals surface area (Å²) >= 11 is 0. The highest BCUT2D eigenvalue weighted by Crippen LogP contribution is 2.18. The van der Waals surface area contributed by atoms with Crippen LogP contribution in [0.3, 0.4) is 0 Å². The standard InChI is InChI=1S/C14H19NO3/c1-14(6-7-18-10-14)15-9-12-4-2-11(3-5-12)8-13(16)17/h2-5,15H,6-10H2,1H3,(H,16,17). The van der Waals surface area contributed by atoms with Crippen LogP contribution in [-0.2, 0) is 22.5 Å². The van der Waals surface area contributed by atoms with Gasteiger partial charge in [-0.2, -0.15) is 0 Å². The molecule has 1 heterocycles. The number of rotatable bonds is 5. The van der Waals surface area contributed by atoms with E-state index in [1.54, 1.807) is 0 Å². The molecule has 0 aliphatic carbocycles. The Balaban J connectivity index is 1.88. The van der Waals surface area contributed by atoms with Crippen molar-refractivity contribution in [1.82, 2.24) is 5.32 Å². The lowest BCUT2D eigenvalue weighted by molar-refractivity contribution is -0.136. The van der Waals surface area contributed by atoms with Crippen LogP contribution in [0.15, 0.2) is 24.3 Å². The molecule has 1 fully saturated rings. The topological polar surface area (TPSA) is 58.6 Å². The molecule has 2 N–H and O–H groups in total. The molecule has 1 aliphatic rings. The molecule has 0 spiro atoms. The van der Waals surface area contributed by atoms with Gasteiger partial charge in [-0.05, 0) is 24.5 Å². The van der Waals surface area contributed by atoms with E-state index in [-0.39, 0.29) is 12.0 Å². The van der Waals surface area contributed by atoms with Gasteiger partial charge in [0, 0.05) is 18.7 Å². The van der Waals surface area contributed by atoms with Gasteiger partial charge in [-0.25, -0.2) is 0 Å². The van der Waals surface area contributed by atoms with E-state index in [4.69, 9.17) is 9.84 Å². The van der Waals surface area contributed by atoms with Gasteiger partial charge in [0.15, 0.2) is 0 Å². The zero-order valence-electron chi connectivity index (χ0n) is 10.6. The first kappa shape index (κ1) is 13.1. The number of hydrogen-bond acceptors (Lipinski definition) is 3. The van der Waals surface area contributed by atoms with Gasteiger partial charge in [-0.3, -0.25) is 4.79 Å². The van der Waals surface area contributed by atoms with Crippen LogP contribution in [0.5, 0.6) is 0 Å². The van der Waals surface area contributed by atoms with Crippen molar-refractivity contribution in [3.8, 4) is 0 Å². The van der Waals surface area contributed by atoms with Gasteiger partial charge in [-0.15, -0.1) is 0 Å². The van der Waals surface area contributed by atoms with Crippen molar-refractivity contribution in [3.63, 3.8) is 0 Å². The lowest BCUT2D eigenvalue weighted by Crippen LogP contribution is -2.42. The van der Waals surface area contributed by atoms with Crippen molar-refractivity contribution in [3.05, 3.63) is 35.4 Å². The van der Waals surface area contributed by atoms with E-state index in [0.29, 0.717) is 0 Å². The van der Waals surface area contributed by atoms with Crippen LogP contribution in [0.4, 0.5) is 0 Å². The molecule has 98 valence electrons. The van der Waals surface area contributed by atoms with Crippen molar-refractivity contribution >= 4 is 5.97 Å². The summed E-state index contributed by atoms with van der Waals surface area (Å²) in [5.74, 6) is -0.795. The molecule has 0 aromatic heterocycles. The van der Waals surface area contributed by atoms with Crippen LogP contribution in [0.1, 0.15) is 24.5 Å². The first-order valence-corrected chi connectivity index (χ1v) is 6.20. The fourth-order valence-electron chi connectivity index (χ4n) is 2.07. The molecular formula is C14H19NO3. The second-order valence-corrected chi connectivity index (χ2v) is 5.10. The van der Waals surface area contributed by atoms with Crippen LogP contribution >= 0.6 is 0 Å². The third-order valence-electron chi connectivity index (χ3n) is 3.32. The Labute approximate surface area is 107 Å². The quantitative estimate of drug-likeness (QED) is 0.832. The van der Waals surface area contributed by atoms with Crippen molar-refractivity contribution < 1.29 is 14.6 Å². The number of ether oxygens (including phenoxy) is 1. The molecule has 0 saturated carbocycles. The first-order valence-electron chi connectivity index (χ1n) is 6.20. The Hall–Kier alpha value is -1.39. The van der Waals surface area contributed by atoms with Crippen LogP contribution in [0, 0.1) is 0 Å². The minimum atomic E-state index is -0.795. The number of carboxylic acid groups (broad SMARTS) is 1. The number of nitrogens with one attached hydrogen (secondary N) is 1. The molecule has 0 amide bonds. The maximum Gasteiger partial charge on any atom is 0.307 e. The predicted octanol–water partition coefficient (Wildman–Crippen LogP) is 1.58. The summed E-state index contributed by atoms with van der Waals surface area (Å²) in [5.41, 5.74) is 2.07. The summed E-state index contributed by atoms with van der Waals surface area (Å²) in [7, 11) is 0. The van der Waals surface area contributed by atoms with Crippen molar-refractivity contribution in [2.24, 2.45) is 0 Å². The lowest BCUT2D eigenvalue weighted by Gasteiger charge is -2.23. The van der Waals surface area contributed by atoms with E-state index in [9.17, 15) is 4.79 Å². The lowest BCUT2D eigenvalue weighted by atomic mass is 10.0. The smallest absolute Gasteiger partial charge is 0.307 e. The highest BCUT2D eigenvalue weighted by atomic mass is 16.5. The Morgan fingerprint density at radius 2 is 2.06 bits per heavy atom. The Morgan fingerprint density at radius 1 is 1.39 bits per heavy atom. The Kier molecular flexibility index (Phi) is 3.99. The van der Waals surface area contributed by atoms with Crippen LogP contribution in [0.25, 0.3) is 0 Å². The molecule has 1 unspecified atom stereocenters. The molecule has 0 radical (unpaired) electrons. The van der Waals surface area contributed by atoms with Crippen molar-refractivity contribution in [1.29, 1.82) is 0 Å². The van der Waals surface area contributed by atoms with E-state index < -0.39 is 5.97 Å². The second-order valence-electron chi connectivity index (χ2n) is 5.10. The SMILES string of the molecule is CC1(NCc2ccc(CC(=O)O)cc2)CCOC1. The normalized spacial score (nSPS) is 23.2. The monoisotopic (exact) mass is 249 g/mol. The first-order chi connectivity index (χ1) is 8.57. The van der Waals surface area contributed by atoms with Crippen molar-refractivity contribution in [2.45, 2.75) is 31.8 Å². The predicted molar refractivity (Wildman–Crippen MR) is 68.5 cm³/mol. The zero-order valence-corrected chi connectivity index (χ0v) is 10.6. The molecular weight excluding hydrogens is 230 g/mol. The third-order valence-corrected chi connectivity index (χ3v) is 3.32. The van der Waals surface area contributed by atoms with Crippen LogP contribution < -0.4 is 5.32 Å². The summed E-state index contributed by atoms with van der Waals surface area (Å²) in [6.07, 6.45) is 1.11. The molecule has 1 aliphatic heterocycles. The highest BCUT2D eigenvalue weighted by molar-refractivity contribution is 5.70. The molecule has 4 nitrogen and oxygen atoms in total. The summed E-state index contributed by atoms with van der Waals surface area (Å²) in [6, 6.07) is 7.70. The summed E-state index contributed by atoms with van der Waals surface area (Å²) in [6.45, 7) is 4.52. The van der Waals surface area contributed by atoms with Crippen LogP contribution in [0.2, 0.25) is 0 Å². The molecule has 4 heteroatoms. The van der Waals surface area contributed by atoms with E-state index in [1.165, 1.54) is 0 Å². The summed E-state index contributed by atoms with van der Waals surface area (Å²) in [5, 5.41) is 12.2. The Bertz CT molecular complexity index is 408. The van der Waals surface area contributed by atoms with E-state index >= 15 is 0 Å². The molecule has 18 heavy (non-hydrogen) atoms. The van der Waals surface area contributed by atoms with E-state index in [2.05, 4.69) is 12.2 Å². The summed E-state index contributed by atoms with van der Waals surface area (Å²) in [4.78, 5) is 10.6. The van der Waals surface area contributed by atoms with E-state index in [1.807, 2.05) is 24.3 Å². The largest absolute Gasteiger partial charge is 0.481 e. The van der Waals surface area contributed by atoms with E-state index in [0.717, 1.165) is 37.3 Å². The molecule has 1 aromatic rings. The fourth-order valence-corrected chi connectivity index (χ4v) is 2.07. The second kappa shape index (κ2) is 5.50. The minimum Gasteiger partial charge on any atom is -0.481 e. The number of carboxylic acids is 1. The van der Waals surface area contributed by atoms with Crippen LogP contribution in [-0.4, -0.2) is 29.8 Å². The van der Waals surface area contributed by atoms with Gasteiger partial charge >= 0.3 is 5.97 Å². The van der Waals surface area contributed by atoms with Gasteiger partial charge in [0.1, 0.15) is 0 Å². The van der Waals surface area contributed by atoms with Gasteiger partial charge < -0.3 is 15.2 Å². The average molecular weight is 249 g/mol. The average Bonchev–Trinajstić information content (AvgIpc) is 2.75. The number of carbonyl (C=O) groups is 1. The van der Waals surface area contributed by atoms with Gasteiger partial charge in [0.05, 0.1) is 13.0 Å². The van der Waals surface area contributed by atoms with Gasteiger partial charge in [-0.1, -0.05) is 24.3 Å². The molecule has 0 bridgehead atoms. The van der Waals surface area contributed by atoms with Crippen molar-refractivity contribution in [2.75, 3.05) is 13.2 Å². The Morgan fingerprint density at radius 3 is 2.61 bits per heavy atom. The van der Waals surface area contributed by atoms with Gasteiger partial charge in [0.2, 0.25) is 0 Å². The summed E-state index contributed by atoms with van der Waals surface area (Å²) < 4.78 is 5.38. The molecule has 1 aromatic carbocycles. The molecule has 1 atom stereocenters. The zero-order chi connectivity index (χ0) is 13.0. The number of aliphatic carboxylic acids is 1. The number of hydrogen-bond donors (Lipinski definition) is 2. The maximum absolute atomic E-state index is 10.6. The number of benzene rings is 1. The highest BCUT2D eigenvalue weighted by Gasteiger charge is 2.28.